The van der Waals surface area contributed by atoms with Crippen LogP contribution in [0.3, 0.4) is 0 Å². The summed E-state index contributed by atoms with van der Waals surface area (Å²) in [5, 5.41) is 2.40. The zero-order chi connectivity index (χ0) is 13.9. The lowest BCUT2D eigenvalue weighted by molar-refractivity contribution is -0.132. The van der Waals surface area contributed by atoms with Gasteiger partial charge in [0.05, 0.1) is 0 Å². The zero-order valence-corrected chi connectivity index (χ0v) is 11.1. The Hall–Kier alpha value is -1.60. The van der Waals surface area contributed by atoms with Crippen LogP contribution in [0.5, 0.6) is 5.75 Å². The molecule has 8 heteroatoms. The number of nitrogens with one attached hydrogen (secondary N) is 1. The van der Waals surface area contributed by atoms with E-state index in [-0.39, 0.29) is 22.2 Å². The minimum absolute atomic E-state index is 0.188. The summed E-state index contributed by atoms with van der Waals surface area (Å²) in [5.74, 6) is -1.23. The highest BCUT2D eigenvalue weighted by atomic mass is 35.7. The first-order chi connectivity index (χ1) is 8.20. The van der Waals surface area contributed by atoms with Gasteiger partial charge in [0.25, 0.3) is 9.05 Å². The third-order valence-corrected chi connectivity index (χ3v) is 3.12. The molecule has 0 unspecified atom stereocenters. The van der Waals surface area contributed by atoms with Crippen molar-refractivity contribution in [2.24, 2.45) is 0 Å². The van der Waals surface area contributed by atoms with Crippen molar-refractivity contribution in [2.75, 3.05) is 5.32 Å². The van der Waals surface area contributed by atoms with Gasteiger partial charge in [0.1, 0.15) is 4.90 Å². The van der Waals surface area contributed by atoms with E-state index in [1.807, 2.05) is 0 Å². The molecule has 98 valence electrons. The summed E-state index contributed by atoms with van der Waals surface area (Å²) >= 11 is 0. The van der Waals surface area contributed by atoms with Crippen LogP contribution in [-0.2, 0) is 18.6 Å². The summed E-state index contributed by atoms with van der Waals surface area (Å²) in [7, 11) is 1.13. The SMILES string of the molecule is CC(=O)Nc1ccc(OC(C)=O)c(S(=O)(=O)Cl)c1. The Labute approximate surface area is 108 Å². The van der Waals surface area contributed by atoms with Gasteiger partial charge in [-0.2, -0.15) is 0 Å². The fourth-order valence-corrected chi connectivity index (χ4v) is 2.20. The van der Waals surface area contributed by atoms with Gasteiger partial charge in [0.15, 0.2) is 5.75 Å². The summed E-state index contributed by atoms with van der Waals surface area (Å²) in [6.07, 6.45) is 0. The molecule has 0 saturated heterocycles. The van der Waals surface area contributed by atoms with E-state index in [0.717, 1.165) is 13.0 Å². The Morgan fingerprint density at radius 1 is 1.28 bits per heavy atom. The Morgan fingerprint density at radius 2 is 1.89 bits per heavy atom. The number of esters is 1. The smallest absolute Gasteiger partial charge is 0.308 e. The van der Waals surface area contributed by atoms with Crippen LogP contribution in [0.2, 0.25) is 0 Å². The molecule has 1 N–H and O–H groups in total. The number of carbonyl (C=O) groups is 2. The molecule has 0 aromatic heterocycles. The molecular weight excluding hydrogens is 282 g/mol. The molecule has 6 nitrogen and oxygen atoms in total. The van der Waals surface area contributed by atoms with Gasteiger partial charge in [-0.3, -0.25) is 9.59 Å². The molecule has 0 aliphatic carbocycles. The number of rotatable bonds is 3. The normalized spacial score (nSPS) is 10.8. The highest BCUT2D eigenvalue weighted by molar-refractivity contribution is 8.13. The molecule has 0 aliphatic heterocycles. The van der Waals surface area contributed by atoms with Crippen molar-refractivity contribution in [1.29, 1.82) is 0 Å². The molecule has 0 radical (unpaired) electrons. The summed E-state index contributed by atoms with van der Waals surface area (Å²) in [4.78, 5) is 21.3. The lowest BCUT2D eigenvalue weighted by Crippen LogP contribution is -2.09. The van der Waals surface area contributed by atoms with E-state index in [1.54, 1.807) is 0 Å². The van der Waals surface area contributed by atoms with Gasteiger partial charge in [0, 0.05) is 30.2 Å². The zero-order valence-electron chi connectivity index (χ0n) is 9.56. The molecule has 1 rings (SSSR count). The van der Waals surface area contributed by atoms with Crippen molar-refractivity contribution in [3.05, 3.63) is 18.2 Å². The monoisotopic (exact) mass is 291 g/mol. The van der Waals surface area contributed by atoms with E-state index in [2.05, 4.69) is 5.32 Å². The maximum atomic E-state index is 11.3. The first-order valence-electron chi connectivity index (χ1n) is 4.75. The van der Waals surface area contributed by atoms with Crippen LogP contribution in [-0.4, -0.2) is 20.3 Å². The Kier molecular flexibility index (Phi) is 4.31. The van der Waals surface area contributed by atoms with E-state index in [4.69, 9.17) is 15.4 Å². The molecule has 0 fully saturated rings. The summed E-state index contributed by atoms with van der Waals surface area (Å²) in [6.45, 7) is 2.40. The Morgan fingerprint density at radius 3 is 2.33 bits per heavy atom. The Bertz CT molecular complexity index is 596. The van der Waals surface area contributed by atoms with Gasteiger partial charge in [-0.1, -0.05) is 0 Å². The average Bonchev–Trinajstić information content (AvgIpc) is 2.17. The number of carbonyl (C=O) groups excluding carboxylic acids is 2. The number of benzene rings is 1. The average molecular weight is 292 g/mol. The van der Waals surface area contributed by atoms with Crippen LogP contribution in [0.4, 0.5) is 5.69 Å². The van der Waals surface area contributed by atoms with Crippen LogP contribution in [0.15, 0.2) is 23.1 Å². The molecule has 1 aromatic carbocycles. The molecule has 0 bridgehead atoms. The highest BCUT2D eigenvalue weighted by Crippen LogP contribution is 2.30. The van der Waals surface area contributed by atoms with E-state index >= 15 is 0 Å². The Balaban J connectivity index is 3.29. The fourth-order valence-electron chi connectivity index (χ4n) is 1.22. The van der Waals surface area contributed by atoms with Crippen LogP contribution < -0.4 is 10.1 Å². The van der Waals surface area contributed by atoms with Crippen LogP contribution >= 0.6 is 10.7 Å². The predicted octanol–water partition coefficient (Wildman–Crippen LogP) is 1.50. The van der Waals surface area contributed by atoms with Crippen molar-refractivity contribution >= 4 is 37.3 Å². The minimum Gasteiger partial charge on any atom is -0.425 e. The molecule has 1 aromatic rings. The van der Waals surface area contributed by atoms with Gasteiger partial charge in [-0.15, -0.1) is 0 Å². The first kappa shape index (κ1) is 14.5. The van der Waals surface area contributed by atoms with Gasteiger partial charge in [0.2, 0.25) is 5.91 Å². The molecule has 18 heavy (non-hydrogen) atoms. The number of ether oxygens (including phenoxy) is 1. The number of halogens is 1. The van der Waals surface area contributed by atoms with E-state index < -0.39 is 15.0 Å². The number of anilines is 1. The molecule has 0 spiro atoms. The van der Waals surface area contributed by atoms with E-state index in [9.17, 15) is 18.0 Å². The third kappa shape index (κ3) is 4.01. The molecule has 1 amide bonds. The van der Waals surface area contributed by atoms with Crippen molar-refractivity contribution in [3.8, 4) is 5.75 Å². The molecular formula is C10H10ClNO5S. The molecule has 0 heterocycles. The van der Waals surface area contributed by atoms with Crippen molar-refractivity contribution in [3.63, 3.8) is 0 Å². The van der Waals surface area contributed by atoms with Gasteiger partial charge >= 0.3 is 5.97 Å². The number of hydrogen-bond donors (Lipinski definition) is 1. The predicted molar refractivity (Wildman–Crippen MR) is 65.1 cm³/mol. The third-order valence-electron chi connectivity index (χ3n) is 1.78. The topological polar surface area (TPSA) is 89.5 Å². The number of hydrogen-bond acceptors (Lipinski definition) is 5. The van der Waals surface area contributed by atoms with Crippen LogP contribution in [0.25, 0.3) is 0 Å². The van der Waals surface area contributed by atoms with E-state index in [0.29, 0.717) is 0 Å². The second-order valence-electron chi connectivity index (χ2n) is 3.37. The quantitative estimate of drug-likeness (QED) is 0.518. The summed E-state index contributed by atoms with van der Waals surface area (Å²) in [5.41, 5.74) is 0.234. The standard InChI is InChI=1S/C10H10ClNO5S/c1-6(13)12-8-3-4-9(17-7(2)14)10(5-8)18(11,15)16/h3-5H,1-2H3,(H,12,13). The van der Waals surface area contributed by atoms with Gasteiger partial charge < -0.3 is 10.1 Å². The van der Waals surface area contributed by atoms with Gasteiger partial charge in [-0.05, 0) is 18.2 Å². The molecule has 0 aliphatic rings. The van der Waals surface area contributed by atoms with E-state index in [1.165, 1.54) is 19.1 Å². The highest BCUT2D eigenvalue weighted by Gasteiger charge is 2.19. The van der Waals surface area contributed by atoms with Crippen molar-refractivity contribution in [1.82, 2.24) is 0 Å². The summed E-state index contributed by atoms with van der Waals surface area (Å²) in [6, 6.07) is 3.75. The largest absolute Gasteiger partial charge is 0.425 e. The second-order valence-corrected chi connectivity index (χ2v) is 5.91. The molecule has 0 atom stereocenters. The van der Waals surface area contributed by atoms with Crippen LogP contribution in [0.1, 0.15) is 13.8 Å². The van der Waals surface area contributed by atoms with Crippen LogP contribution in [0, 0.1) is 0 Å². The summed E-state index contributed by atoms with van der Waals surface area (Å²) < 4.78 is 27.4. The van der Waals surface area contributed by atoms with Crippen molar-refractivity contribution in [2.45, 2.75) is 18.7 Å². The maximum Gasteiger partial charge on any atom is 0.308 e. The molecule has 0 saturated carbocycles. The lowest BCUT2D eigenvalue weighted by atomic mass is 10.3. The minimum atomic E-state index is -4.09. The fraction of sp³-hybridized carbons (Fsp3) is 0.200. The first-order valence-corrected chi connectivity index (χ1v) is 7.06. The maximum absolute atomic E-state index is 11.3. The van der Waals surface area contributed by atoms with Crippen molar-refractivity contribution < 1.29 is 22.7 Å². The van der Waals surface area contributed by atoms with Gasteiger partial charge in [-0.25, -0.2) is 8.42 Å². The second kappa shape index (κ2) is 5.36. The lowest BCUT2D eigenvalue weighted by Gasteiger charge is -2.09. The number of amides is 1.